The first-order chi connectivity index (χ1) is 7.18. The molecule has 0 fully saturated rings. The van der Waals surface area contributed by atoms with Crippen LogP contribution in [-0.2, 0) is 16.1 Å². The summed E-state index contributed by atoms with van der Waals surface area (Å²) in [4.78, 5) is 24.3. The van der Waals surface area contributed by atoms with E-state index in [1.54, 1.807) is 6.20 Å². The van der Waals surface area contributed by atoms with Gasteiger partial charge in [0.1, 0.15) is 0 Å². The molecular formula is C10H14N2O3. The Kier molecular flexibility index (Phi) is 4.40. The van der Waals surface area contributed by atoms with Crippen LogP contribution >= 0.6 is 0 Å². The van der Waals surface area contributed by atoms with E-state index in [9.17, 15) is 9.59 Å². The van der Waals surface area contributed by atoms with E-state index >= 15 is 0 Å². The third-order valence-electron chi connectivity index (χ3n) is 1.93. The predicted octanol–water partition coefficient (Wildman–Crippen LogP) is 0.886. The fourth-order valence-electron chi connectivity index (χ4n) is 1.16. The van der Waals surface area contributed by atoms with E-state index in [1.807, 2.05) is 12.1 Å². The molecule has 0 atom stereocenters. The molecule has 0 aliphatic heterocycles. The van der Waals surface area contributed by atoms with Gasteiger partial charge in [-0.3, -0.25) is 9.59 Å². The standard InChI is InChI=1S/C10H14N2O3/c13-9(4-1-5-10(14)15)12-7-8-3-2-6-11-8/h2-3,6,11H,1,4-5,7H2,(H,12,13)(H,14,15). The highest BCUT2D eigenvalue weighted by atomic mass is 16.4. The molecular weight excluding hydrogens is 196 g/mol. The van der Waals surface area contributed by atoms with Gasteiger partial charge >= 0.3 is 5.97 Å². The molecule has 1 aromatic heterocycles. The molecule has 1 aromatic rings. The second-order valence-electron chi connectivity index (χ2n) is 3.22. The van der Waals surface area contributed by atoms with Crippen LogP contribution in [-0.4, -0.2) is 22.0 Å². The van der Waals surface area contributed by atoms with E-state index < -0.39 is 5.97 Å². The quantitative estimate of drug-likeness (QED) is 0.652. The van der Waals surface area contributed by atoms with Gasteiger partial charge in [0.25, 0.3) is 0 Å². The van der Waals surface area contributed by atoms with E-state index in [0.29, 0.717) is 13.0 Å². The number of rotatable bonds is 6. The Balaban J connectivity index is 2.11. The Morgan fingerprint density at radius 3 is 2.80 bits per heavy atom. The predicted molar refractivity (Wildman–Crippen MR) is 54.1 cm³/mol. The van der Waals surface area contributed by atoms with Crippen molar-refractivity contribution in [3.05, 3.63) is 24.0 Å². The van der Waals surface area contributed by atoms with Gasteiger partial charge in [-0.05, 0) is 18.6 Å². The molecule has 1 rings (SSSR count). The summed E-state index contributed by atoms with van der Waals surface area (Å²) in [7, 11) is 0. The molecule has 5 heteroatoms. The zero-order valence-corrected chi connectivity index (χ0v) is 8.32. The number of hydrogen-bond acceptors (Lipinski definition) is 2. The van der Waals surface area contributed by atoms with Crippen molar-refractivity contribution < 1.29 is 14.7 Å². The minimum absolute atomic E-state index is 0.0376. The Hall–Kier alpha value is -1.78. The van der Waals surface area contributed by atoms with Gasteiger partial charge in [0.2, 0.25) is 5.91 Å². The molecule has 0 unspecified atom stereocenters. The lowest BCUT2D eigenvalue weighted by Crippen LogP contribution is -2.22. The molecule has 15 heavy (non-hydrogen) atoms. The number of amides is 1. The smallest absolute Gasteiger partial charge is 0.303 e. The Morgan fingerprint density at radius 1 is 1.40 bits per heavy atom. The topological polar surface area (TPSA) is 82.2 Å². The van der Waals surface area contributed by atoms with Crippen molar-refractivity contribution in [2.75, 3.05) is 0 Å². The van der Waals surface area contributed by atoms with Gasteiger partial charge < -0.3 is 15.4 Å². The fourth-order valence-corrected chi connectivity index (χ4v) is 1.16. The van der Waals surface area contributed by atoms with Gasteiger partial charge in [-0.15, -0.1) is 0 Å². The van der Waals surface area contributed by atoms with Gasteiger partial charge in [0.15, 0.2) is 0 Å². The summed E-state index contributed by atoms with van der Waals surface area (Å²) >= 11 is 0. The van der Waals surface area contributed by atoms with Crippen LogP contribution in [0, 0.1) is 0 Å². The third kappa shape index (κ3) is 4.85. The summed E-state index contributed by atoms with van der Waals surface area (Å²) in [6, 6.07) is 3.73. The summed E-state index contributed by atoms with van der Waals surface area (Å²) in [6.07, 6.45) is 2.46. The molecule has 0 bridgehead atoms. The van der Waals surface area contributed by atoms with Crippen LogP contribution < -0.4 is 5.32 Å². The van der Waals surface area contributed by atoms with Crippen LogP contribution in [0.5, 0.6) is 0 Å². The van der Waals surface area contributed by atoms with Crippen molar-refractivity contribution in [2.45, 2.75) is 25.8 Å². The largest absolute Gasteiger partial charge is 0.481 e. The van der Waals surface area contributed by atoms with Crippen molar-refractivity contribution in [3.63, 3.8) is 0 Å². The minimum Gasteiger partial charge on any atom is -0.481 e. The number of aromatic nitrogens is 1. The molecule has 0 radical (unpaired) electrons. The van der Waals surface area contributed by atoms with Crippen molar-refractivity contribution in [1.29, 1.82) is 0 Å². The summed E-state index contributed by atoms with van der Waals surface area (Å²) in [5, 5.41) is 11.1. The first-order valence-corrected chi connectivity index (χ1v) is 4.79. The normalized spacial score (nSPS) is 9.87. The highest BCUT2D eigenvalue weighted by molar-refractivity contribution is 5.76. The minimum atomic E-state index is -0.868. The number of carboxylic acids is 1. The van der Waals surface area contributed by atoms with Crippen LogP contribution in [0.1, 0.15) is 25.0 Å². The number of nitrogens with one attached hydrogen (secondary N) is 2. The highest BCUT2D eigenvalue weighted by Gasteiger charge is 2.03. The monoisotopic (exact) mass is 210 g/mol. The zero-order valence-electron chi connectivity index (χ0n) is 8.32. The van der Waals surface area contributed by atoms with Crippen molar-refractivity contribution >= 4 is 11.9 Å². The SMILES string of the molecule is O=C(O)CCCC(=O)NCc1ccc[nH]1. The number of carbonyl (C=O) groups is 2. The number of carbonyl (C=O) groups excluding carboxylic acids is 1. The Morgan fingerprint density at radius 2 is 2.20 bits per heavy atom. The van der Waals surface area contributed by atoms with E-state index in [-0.39, 0.29) is 18.7 Å². The second kappa shape index (κ2) is 5.85. The van der Waals surface area contributed by atoms with E-state index in [4.69, 9.17) is 5.11 Å². The number of H-pyrrole nitrogens is 1. The van der Waals surface area contributed by atoms with Crippen LogP contribution in [0.15, 0.2) is 18.3 Å². The van der Waals surface area contributed by atoms with E-state index in [2.05, 4.69) is 10.3 Å². The highest BCUT2D eigenvalue weighted by Crippen LogP contribution is 1.97. The lowest BCUT2D eigenvalue weighted by Gasteiger charge is -2.02. The molecule has 5 nitrogen and oxygen atoms in total. The Bertz CT molecular complexity index is 319. The number of carboxylic acid groups (broad SMARTS) is 1. The van der Waals surface area contributed by atoms with E-state index in [0.717, 1.165) is 5.69 Å². The van der Waals surface area contributed by atoms with Crippen molar-refractivity contribution in [2.24, 2.45) is 0 Å². The molecule has 0 aliphatic carbocycles. The summed E-state index contributed by atoms with van der Waals surface area (Å²) in [6.45, 7) is 0.457. The maximum absolute atomic E-state index is 11.2. The molecule has 82 valence electrons. The van der Waals surface area contributed by atoms with Gasteiger partial charge in [-0.25, -0.2) is 0 Å². The number of aromatic amines is 1. The maximum atomic E-state index is 11.2. The molecule has 0 spiro atoms. The summed E-state index contributed by atoms with van der Waals surface area (Å²) < 4.78 is 0. The lowest BCUT2D eigenvalue weighted by molar-refractivity contribution is -0.137. The number of aliphatic carboxylic acids is 1. The molecule has 1 amide bonds. The van der Waals surface area contributed by atoms with E-state index in [1.165, 1.54) is 0 Å². The summed E-state index contributed by atoms with van der Waals surface area (Å²) in [5.74, 6) is -0.988. The van der Waals surface area contributed by atoms with Crippen molar-refractivity contribution in [3.8, 4) is 0 Å². The Labute approximate surface area is 87.5 Å². The summed E-state index contributed by atoms with van der Waals surface area (Å²) in [5.41, 5.74) is 0.932. The maximum Gasteiger partial charge on any atom is 0.303 e. The second-order valence-corrected chi connectivity index (χ2v) is 3.22. The molecule has 0 saturated carbocycles. The van der Waals surface area contributed by atoms with Gasteiger partial charge in [-0.1, -0.05) is 0 Å². The average molecular weight is 210 g/mol. The van der Waals surface area contributed by atoms with Crippen LogP contribution in [0.2, 0.25) is 0 Å². The van der Waals surface area contributed by atoms with Crippen LogP contribution in [0.4, 0.5) is 0 Å². The molecule has 1 heterocycles. The third-order valence-corrected chi connectivity index (χ3v) is 1.93. The molecule has 3 N–H and O–H groups in total. The first kappa shape index (κ1) is 11.3. The molecule has 0 saturated heterocycles. The van der Waals surface area contributed by atoms with Gasteiger partial charge in [-0.2, -0.15) is 0 Å². The van der Waals surface area contributed by atoms with Crippen molar-refractivity contribution in [1.82, 2.24) is 10.3 Å². The van der Waals surface area contributed by atoms with Gasteiger partial charge in [0, 0.05) is 24.7 Å². The molecule has 0 aromatic carbocycles. The van der Waals surface area contributed by atoms with Gasteiger partial charge in [0.05, 0.1) is 6.54 Å². The zero-order chi connectivity index (χ0) is 11.1. The van der Waals surface area contributed by atoms with Crippen LogP contribution in [0.25, 0.3) is 0 Å². The lowest BCUT2D eigenvalue weighted by atomic mass is 10.2. The number of hydrogen-bond donors (Lipinski definition) is 3. The first-order valence-electron chi connectivity index (χ1n) is 4.79. The molecule has 0 aliphatic rings. The average Bonchev–Trinajstić information content (AvgIpc) is 2.66. The van der Waals surface area contributed by atoms with Crippen LogP contribution in [0.3, 0.4) is 0 Å². The fraction of sp³-hybridized carbons (Fsp3) is 0.400.